The third kappa shape index (κ3) is 1.96. The zero-order valence-corrected chi connectivity index (χ0v) is 12.6. The van der Waals surface area contributed by atoms with Crippen LogP contribution in [0.1, 0.15) is 24.2 Å². The minimum Gasteiger partial charge on any atom is -0.241 e. The molecule has 0 amide bonds. The van der Waals surface area contributed by atoms with Crippen LogP contribution in [0.15, 0.2) is 54.6 Å². The molecule has 0 saturated heterocycles. The molecule has 0 spiro atoms. The highest BCUT2D eigenvalue weighted by atomic mass is 15.3. The van der Waals surface area contributed by atoms with Gasteiger partial charge in [-0.3, -0.25) is 0 Å². The lowest BCUT2D eigenvalue weighted by atomic mass is 10.1. The summed E-state index contributed by atoms with van der Waals surface area (Å²) in [5.41, 5.74) is 5.65. The Kier molecular flexibility index (Phi) is 2.89. The summed E-state index contributed by atoms with van der Waals surface area (Å²) in [7, 11) is 0. The number of aryl methyl sites for hydroxylation is 1. The van der Waals surface area contributed by atoms with Crippen LogP contribution in [0.3, 0.4) is 0 Å². The van der Waals surface area contributed by atoms with E-state index < -0.39 is 0 Å². The molecule has 1 unspecified atom stereocenters. The third-order valence-electron chi connectivity index (χ3n) is 4.02. The Morgan fingerprint density at radius 2 is 1.50 bits per heavy atom. The second-order valence-electron chi connectivity index (χ2n) is 5.50. The Hall–Kier alpha value is -2.75. The van der Waals surface area contributed by atoms with Crippen LogP contribution < -0.4 is 0 Å². The highest BCUT2D eigenvalue weighted by Gasteiger charge is 2.17. The average Bonchev–Trinajstić information content (AvgIpc) is 2.89. The smallest absolute Gasteiger partial charge is 0.178 e. The van der Waals surface area contributed by atoms with Crippen molar-refractivity contribution in [1.82, 2.24) is 19.7 Å². The fourth-order valence-electron chi connectivity index (χ4n) is 2.79. The van der Waals surface area contributed by atoms with Crippen LogP contribution in [0.4, 0.5) is 0 Å². The molecule has 4 heteroatoms. The Morgan fingerprint density at radius 3 is 2.23 bits per heavy atom. The van der Waals surface area contributed by atoms with E-state index in [0.717, 1.165) is 27.9 Å². The quantitative estimate of drug-likeness (QED) is 0.562. The van der Waals surface area contributed by atoms with Crippen LogP contribution in [0.2, 0.25) is 0 Å². The molecule has 0 aliphatic rings. The summed E-state index contributed by atoms with van der Waals surface area (Å²) < 4.78 is 1.97. The van der Waals surface area contributed by atoms with Gasteiger partial charge in [-0.15, -0.1) is 0 Å². The highest BCUT2D eigenvalue weighted by molar-refractivity contribution is 5.85. The molecule has 0 radical (unpaired) electrons. The number of hydrogen-bond acceptors (Lipinski definition) is 3. The number of aromatic nitrogens is 4. The van der Waals surface area contributed by atoms with E-state index in [1.54, 1.807) is 0 Å². The number of fused-ring (bicyclic) bond motifs is 2. The van der Waals surface area contributed by atoms with Crippen molar-refractivity contribution in [3.05, 3.63) is 65.9 Å². The zero-order chi connectivity index (χ0) is 15.1. The van der Waals surface area contributed by atoms with Gasteiger partial charge in [0.2, 0.25) is 0 Å². The van der Waals surface area contributed by atoms with E-state index in [1.807, 2.05) is 54.1 Å². The second kappa shape index (κ2) is 4.91. The van der Waals surface area contributed by atoms with Gasteiger partial charge in [0, 0.05) is 0 Å². The third-order valence-corrected chi connectivity index (χ3v) is 4.02. The summed E-state index contributed by atoms with van der Waals surface area (Å²) in [5, 5.41) is 4.68. The summed E-state index contributed by atoms with van der Waals surface area (Å²) in [6.07, 6.45) is 0. The molecule has 4 rings (SSSR count). The van der Waals surface area contributed by atoms with Gasteiger partial charge in [0.15, 0.2) is 5.65 Å². The minimum atomic E-state index is 0.118. The molecule has 0 N–H and O–H groups in total. The summed E-state index contributed by atoms with van der Waals surface area (Å²) in [4.78, 5) is 9.51. The maximum absolute atomic E-state index is 4.78. The molecule has 0 fully saturated rings. The lowest BCUT2D eigenvalue weighted by molar-refractivity contribution is 0.575. The first-order valence-electron chi connectivity index (χ1n) is 7.40. The van der Waals surface area contributed by atoms with E-state index in [-0.39, 0.29) is 6.04 Å². The van der Waals surface area contributed by atoms with Gasteiger partial charge < -0.3 is 0 Å². The minimum absolute atomic E-state index is 0.118. The number of nitrogens with zero attached hydrogens (tertiary/aromatic N) is 4. The van der Waals surface area contributed by atoms with Crippen molar-refractivity contribution < 1.29 is 0 Å². The van der Waals surface area contributed by atoms with Crippen molar-refractivity contribution in [3.63, 3.8) is 0 Å². The van der Waals surface area contributed by atoms with Crippen LogP contribution in [-0.4, -0.2) is 19.7 Å². The lowest BCUT2D eigenvalue weighted by Gasteiger charge is -2.13. The van der Waals surface area contributed by atoms with E-state index in [9.17, 15) is 0 Å². The molecule has 22 heavy (non-hydrogen) atoms. The van der Waals surface area contributed by atoms with Crippen LogP contribution in [0.25, 0.3) is 22.2 Å². The van der Waals surface area contributed by atoms with Gasteiger partial charge in [-0.25, -0.2) is 14.6 Å². The Bertz CT molecular complexity index is 957. The first-order chi connectivity index (χ1) is 10.7. The number of rotatable bonds is 2. The lowest BCUT2D eigenvalue weighted by Crippen LogP contribution is -2.09. The largest absolute Gasteiger partial charge is 0.241 e. The molecule has 0 bridgehead atoms. The molecule has 2 aromatic heterocycles. The predicted octanol–water partition coefficient (Wildman–Crippen LogP) is 3.90. The summed E-state index contributed by atoms with van der Waals surface area (Å²) in [5.74, 6) is 0. The fourth-order valence-corrected chi connectivity index (χ4v) is 2.79. The fraction of sp³-hybridized carbons (Fsp3) is 0.167. The SMILES string of the molecule is Cc1nn(C(C)c2ccccc2)c2nc3ccccc3nc12. The normalized spacial score (nSPS) is 12.8. The van der Waals surface area contributed by atoms with E-state index in [2.05, 4.69) is 24.2 Å². The van der Waals surface area contributed by atoms with Gasteiger partial charge in [0.05, 0.1) is 22.8 Å². The van der Waals surface area contributed by atoms with Gasteiger partial charge >= 0.3 is 0 Å². The van der Waals surface area contributed by atoms with E-state index >= 15 is 0 Å². The standard InChI is InChI=1S/C18H16N4/c1-12-17-18(20-16-11-7-6-10-15(16)19-17)22(21-12)13(2)14-8-4-3-5-9-14/h3-11,13H,1-2H3. The maximum atomic E-state index is 4.78. The van der Waals surface area contributed by atoms with E-state index in [4.69, 9.17) is 9.97 Å². The van der Waals surface area contributed by atoms with Gasteiger partial charge in [-0.1, -0.05) is 42.5 Å². The Balaban J connectivity index is 1.96. The zero-order valence-electron chi connectivity index (χ0n) is 12.6. The van der Waals surface area contributed by atoms with Crippen LogP contribution in [0.5, 0.6) is 0 Å². The van der Waals surface area contributed by atoms with Crippen molar-refractivity contribution in [2.75, 3.05) is 0 Å². The number of benzene rings is 2. The summed E-state index contributed by atoms with van der Waals surface area (Å²) in [6.45, 7) is 4.12. The molecule has 0 aliphatic heterocycles. The molecule has 2 aromatic carbocycles. The van der Waals surface area contributed by atoms with Crippen molar-refractivity contribution >= 4 is 22.2 Å². The van der Waals surface area contributed by atoms with Gasteiger partial charge in [0.1, 0.15) is 5.52 Å². The van der Waals surface area contributed by atoms with E-state index in [0.29, 0.717) is 0 Å². The molecular formula is C18H16N4. The summed E-state index contributed by atoms with van der Waals surface area (Å²) in [6, 6.07) is 18.4. The van der Waals surface area contributed by atoms with Gasteiger partial charge in [0.25, 0.3) is 0 Å². The van der Waals surface area contributed by atoms with Crippen molar-refractivity contribution in [2.45, 2.75) is 19.9 Å². The van der Waals surface area contributed by atoms with Crippen LogP contribution in [-0.2, 0) is 0 Å². The number of hydrogen-bond donors (Lipinski definition) is 0. The molecule has 108 valence electrons. The molecule has 0 aliphatic carbocycles. The average molecular weight is 288 g/mol. The molecule has 4 aromatic rings. The first-order valence-corrected chi connectivity index (χ1v) is 7.40. The monoisotopic (exact) mass is 288 g/mol. The van der Waals surface area contributed by atoms with Crippen LogP contribution in [0, 0.1) is 6.92 Å². The second-order valence-corrected chi connectivity index (χ2v) is 5.50. The van der Waals surface area contributed by atoms with Crippen LogP contribution >= 0.6 is 0 Å². The van der Waals surface area contributed by atoms with Crippen molar-refractivity contribution in [3.8, 4) is 0 Å². The topological polar surface area (TPSA) is 43.6 Å². The maximum Gasteiger partial charge on any atom is 0.178 e. The molecule has 1 atom stereocenters. The Labute approximate surface area is 128 Å². The molecule has 4 nitrogen and oxygen atoms in total. The summed E-state index contributed by atoms with van der Waals surface area (Å²) >= 11 is 0. The first kappa shape index (κ1) is 13.0. The van der Waals surface area contributed by atoms with E-state index in [1.165, 1.54) is 5.56 Å². The predicted molar refractivity (Wildman–Crippen MR) is 87.8 cm³/mol. The van der Waals surface area contributed by atoms with Gasteiger partial charge in [-0.2, -0.15) is 5.10 Å². The van der Waals surface area contributed by atoms with Crippen molar-refractivity contribution in [2.24, 2.45) is 0 Å². The molecular weight excluding hydrogens is 272 g/mol. The highest BCUT2D eigenvalue weighted by Crippen LogP contribution is 2.24. The van der Waals surface area contributed by atoms with Gasteiger partial charge in [-0.05, 0) is 31.5 Å². The number of para-hydroxylation sites is 2. The Morgan fingerprint density at radius 1 is 0.864 bits per heavy atom. The molecule has 2 heterocycles. The van der Waals surface area contributed by atoms with Crippen molar-refractivity contribution in [1.29, 1.82) is 0 Å². The molecule has 0 saturated carbocycles.